The third-order valence-corrected chi connectivity index (χ3v) is 3.46. The van der Waals surface area contributed by atoms with Crippen molar-refractivity contribution in [1.29, 1.82) is 0 Å². The van der Waals surface area contributed by atoms with Crippen molar-refractivity contribution in [2.24, 2.45) is 5.41 Å². The minimum Gasteiger partial charge on any atom is -0.370 e. The average Bonchev–Trinajstić information content (AvgIpc) is 2.64. The van der Waals surface area contributed by atoms with Crippen LogP contribution in [0.5, 0.6) is 0 Å². The number of rotatable bonds is 1. The Labute approximate surface area is 88.3 Å². The molecule has 0 radical (unpaired) electrons. The molecule has 0 atom stereocenters. The van der Waals surface area contributed by atoms with Crippen molar-refractivity contribution in [3.63, 3.8) is 0 Å². The predicted octanol–water partition coefficient (Wildman–Crippen LogP) is 1.02. The van der Waals surface area contributed by atoms with Crippen LogP contribution in [0.15, 0.2) is 18.3 Å². The zero-order valence-electron chi connectivity index (χ0n) is 8.54. The molecular formula is C11H14FN3. The smallest absolute Gasteiger partial charge is 0.214 e. The highest BCUT2D eigenvalue weighted by molar-refractivity contribution is 5.49. The summed E-state index contributed by atoms with van der Waals surface area (Å²) in [6.45, 7) is 4.32. The van der Waals surface area contributed by atoms with E-state index >= 15 is 0 Å². The summed E-state index contributed by atoms with van der Waals surface area (Å²) in [5.74, 6) is -0.391. The molecule has 4 heteroatoms. The van der Waals surface area contributed by atoms with Crippen LogP contribution >= 0.6 is 0 Å². The Balaban J connectivity index is 1.72. The van der Waals surface area contributed by atoms with Gasteiger partial charge in [0, 0.05) is 43.0 Å². The number of anilines is 1. The Morgan fingerprint density at radius 3 is 3.00 bits per heavy atom. The number of hydrogen-bond donors (Lipinski definition) is 1. The SMILES string of the molecule is Fc1cc(N2CC3(CCNC3)C2)ccn1. The molecule has 1 aromatic heterocycles. The van der Waals surface area contributed by atoms with Gasteiger partial charge in [0.1, 0.15) is 0 Å². The van der Waals surface area contributed by atoms with E-state index in [0.29, 0.717) is 5.41 Å². The molecule has 15 heavy (non-hydrogen) atoms. The molecule has 2 saturated heterocycles. The first kappa shape index (κ1) is 9.09. The molecule has 1 spiro atoms. The lowest BCUT2D eigenvalue weighted by atomic mass is 9.79. The first-order valence-electron chi connectivity index (χ1n) is 5.35. The van der Waals surface area contributed by atoms with Crippen molar-refractivity contribution in [2.45, 2.75) is 6.42 Å². The average molecular weight is 207 g/mol. The van der Waals surface area contributed by atoms with Crippen LogP contribution in [0, 0.1) is 11.4 Å². The fourth-order valence-corrected chi connectivity index (χ4v) is 2.60. The van der Waals surface area contributed by atoms with Crippen LogP contribution in [0.3, 0.4) is 0 Å². The largest absolute Gasteiger partial charge is 0.370 e. The third kappa shape index (κ3) is 1.49. The maximum absolute atomic E-state index is 12.9. The van der Waals surface area contributed by atoms with E-state index in [4.69, 9.17) is 0 Å². The highest BCUT2D eigenvalue weighted by Crippen LogP contribution is 2.38. The third-order valence-electron chi connectivity index (χ3n) is 3.46. The van der Waals surface area contributed by atoms with E-state index in [1.54, 1.807) is 0 Å². The summed E-state index contributed by atoms with van der Waals surface area (Å²) < 4.78 is 12.9. The Bertz CT molecular complexity index is 366. The lowest BCUT2D eigenvalue weighted by Crippen LogP contribution is -2.57. The van der Waals surface area contributed by atoms with Gasteiger partial charge >= 0.3 is 0 Å². The molecular weight excluding hydrogens is 193 g/mol. The summed E-state index contributed by atoms with van der Waals surface area (Å²) in [5.41, 5.74) is 1.42. The number of halogens is 1. The van der Waals surface area contributed by atoms with Gasteiger partial charge < -0.3 is 10.2 Å². The van der Waals surface area contributed by atoms with Crippen LogP contribution in [0.25, 0.3) is 0 Å². The molecule has 2 fully saturated rings. The first-order chi connectivity index (χ1) is 7.27. The van der Waals surface area contributed by atoms with E-state index < -0.39 is 5.95 Å². The topological polar surface area (TPSA) is 28.2 Å². The van der Waals surface area contributed by atoms with E-state index in [-0.39, 0.29) is 0 Å². The number of nitrogens with zero attached hydrogens (tertiary/aromatic N) is 2. The highest BCUT2D eigenvalue weighted by Gasteiger charge is 2.44. The molecule has 0 bridgehead atoms. The quantitative estimate of drug-likeness (QED) is 0.697. The Morgan fingerprint density at radius 2 is 2.33 bits per heavy atom. The molecule has 2 aliphatic rings. The summed E-state index contributed by atoms with van der Waals surface area (Å²) in [4.78, 5) is 5.78. The molecule has 3 heterocycles. The maximum atomic E-state index is 12.9. The minimum absolute atomic E-state index is 0.391. The van der Waals surface area contributed by atoms with E-state index in [2.05, 4.69) is 15.2 Å². The number of nitrogens with one attached hydrogen (secondary N) is 1. The van der Waals surface area contributed by atoms with Crippen molar-refractivity contribution >= 4 is 5.69 Å². The van der Waals surface area contributed by atoms with Gasteiger partial charge in [-0.05, 0) is 19.0 Å². The molecule has 0 amide bonds. The van der Waals surface area contributed by atoms with Gasteiger partial charge in [0.2, 0.25) is 5.95 Å². The van der Waals surface area contributed by atoms with Crippen molar-refractivity contribution in [3.8, 4) is 0 Å². The van der Waals surface area contributed by atoms with Crippen molar-refractivity contribution < 1.29 is 4.39 Å². The van der Waals surface area contributed by atoms with Crippen LogP contribution in [0.2, 0.25) is 0 Å². The van der Waals surface area contributed by atoms with Gasteiger partial charge in [0.15, 0.2) is 0 Å². The molecule has 1 aromatic rings. The lowest BCUT2D eigenvalue weighted by molar-refractivity contribution is 0.243. The second kappa shape index (κ2) is 3.17. The van der Waals surface area contributed by atoms with Gasteiger partial charge in [-0.25, -0.2) is 4.98 Å². The summed E-state index contributed by atoms with van der Waals surface area (Å²) in [6.07, 6.45) is 2.78. The molecule has 0 unspecified atom stereocenters. The Morgan fingerprint density at radius 1 is 1.47 bits per heavy atom. The minimum atomic E-state index is -0.391. The van der Waals surface area contributed by atoms with Crippen molar-refractivity contribution in [1.82, 2.24) is 10.3 Å². The van der Waals surface area contributed by atoms with Crippen LogP contribution in [0.4, 0.5) is 10.1 Å². The monoisotopic (exact) mass is 207 g/mol. The Kier molecular flexibility index (Phi) is 1.92. The van der Waals surface area contributed by atoms with Gasteiger partial charge in [-0.15, -0.1) is 0 Å². The fourth-order valence-electron chi connectivity index (χ4n) is 2.60. The van der Waals surface area contributed by atoms with E-state index in [1.165, 1.54) is 18.7 Å². The van der Waals surface area contributed by atoms with Gasteiger partial charge in [0.25, 0.3) is 0 Å². The first-order valence-corrected chi connectivity index (χ1v) is 5.35. The van der Waals surface area contributed by atoms with Gasteiger partial charge in [-0.1, -0.05) is 0 Å². The van der Waals surface area contributed by atoms with Crippen LogP contribution < -0.4 is 10.2 Å². The molecule has 80 valence electrons. The predicted molar refractivity (Wildman–Crippen MR) is 56.3 cm³/mol. The Hall–Kier alpha value is -1.16. The van der Waals surface area contributed by atoms with Gasteiger partial charge in [-0.3, -0.25) is 0 Å². The van der Waals surface area contributed by atoms with Gasteiger partial charge in [-0.2, -0.15) is 4.39 Å². The second-order valence-electron chi connectivity index (χ2n) is 4.62. The highest BCUT2D eigenvalue weighted by atomic mass is 19.1. The zero-order valence-corrected chi connectivity index (χ0v) is 8.54. The number of pyridine rings is 1. The van der Waals surface area contributed by atoms with Crippen LogP contribution in [-0.4, -0.2) is 31.2 Å². The molecule has 0 aromatic carbocycles. The van der Waals surface area contributed by atoms with E-state index in [9.17, 15) is 4.39 Å². The van der Waals surface area contributed by atoms with Crippen LogP contribution in [0.1, 0.15) is 6.42 Å². The van der Waals surface area contributed by atoms with E-state index in [0.717, 1.165) is 31.9 Å². The normalized spacial score (nSPS) is 23.1. The molecule has 0 saturated carbocycles. The molecule has 0 aliphatic carbocycles. The molecule has 2 aliphatic heterocycles. The van der Waals surface area contributed by atoms with Gasteiger partial charge in [0.05, 0.1) is 0 Å². The van der Waals surface area contributed by atoms with Crippen molar-refractivity contribution in [3.05, 3.63) is 24.3 Å². The maximum Gasteiger partial charge on any atom is 0.214 e. The van der Waals surface area contributed by atoms with E-state index in [1.807, 2.05) is 6.07 Å². The van der Waals surface area contributed by atoms with Crippen molar-refractivity contribution in [2.75, 3.05) is 31.1 Å². The van der Waals surface area contributed by atoms with Crippen LogP contribution in [-0.2, 0) is 0 Å². The standard InChI is InChI=1S/C11H14FN3/c12-10-5-9(1-3-14-10)15-7-11(8-15)2-4-13-6-11/h1,3,5,13H,2,4,6-8H2. The second-order valence-corrected chi connectivity index (χ2v) is 4.62. The molecule has 3 nitrogen and oxygen atoms in total. The summed E-state index contributed by atoms with van der Waals surface area (Å²) >= 11 is 0. The molecule has 3 rings (SSSR count). The zero-order chi connectivity index (χ0) is 10.3. The summed E-state index contributed by atoms with van der Waals surface area (Å²) in [7, 11) is 0. The molecule has 1 N–H and O–H groups in total. The lowest BCUT2D eigenvalue weighted by Gasteiger charge is -2.49. The summed E-state index contributed by atoms with van der Waals surface area (Å²) in [6, 6.07) is 3.38. The summed E-state index contributed by atoms with van der Waals surface area (Å²) in [5, 5.41) is 3.39. The fraction of sp³-hybridized carbons (Fsp3) is 0.545. The number of aromatic nitrogens is 1. The number of hydrogen-bond acceptors (Lipinski definition) is 3.